The second-order valence-electron chi connectivity index (χ2n) is 9.14. The van der Waals surface area contributed by atoms with Gasteiger partial charge in [0.1, 0.15) is 23.4 Å². The molecule has 1 fully saturated rings. The molecule has 0 saturated heterocycles. The third-order valence-electron chi connectivity index (χ3n) is 6.63. The number of aryl methyl sites for hydroxylation is 1. The molecule has 1 aromatic rings. The molecule has 3 heteroatoms. The summed E-state index contributed by atoms with van der Waals surface area (Å²) < 4.78 is 6.36. The van der Waals surface area contributed by atoms with Crippen molar-refractivity contribution in [3.05, 3.63) is 23.3 Å². The number of ether oxygens (including phenoxy) is 1. The van der Waals surface area contributed by atoms with Crippen molar-refractivity contribution in [1.82, 2.24) is 0 Å². The predicted octanol–water partition coefficient (Wildman–Crippen LogP) is 5.21. The summed E-state index contributed by atoms with van der Waals surface area (Å²) in [7, 11) is 0. The average Bonchev–Trinajstić information content (AvgIpc) is 2.52. The summed E-state index contributed by atoms with van der Waals surface area (Å²) in [6.07, 6.45) is 8.33. The largest absolute Gasteiger partial charge is 0.508 e. The molecule has 0 aromatic heterocycles. The van der Waals surface area contributed by atoms with E-state index in [2.05, 4.69) is 20.8 Å². The molecular formula is C22H32O3. The van der Waals surface area contributed by atoms with Crippen LogP contribution in [0.5, 0.6) is 11.5 Å². The number of carbonyl (C=O) groups is 1. The molecule has 1 aromatic carbocycles. The maximum Gasteiger partial charge on any atom is 0.127 e. The fourth-order valence-electron chi connectivity index (χ4n) is 4.98. The molecule has 3 rings (SSSR count). The van der Waals surface area contributed by atoms with E-state index in [9.17, 15) is 9.90 Å². The number of aromatic hydroxyl groups is 1. The normalized spacial score (nSPS) is 31.0. The Balaban J connectivity index is 1.73. The number of hydrogen-bond donors (Lipinski definition) is 1. The second kappa shape index (κ2) is 6.66. The maximum absolute atomic E-state index is 11.6. The van der Waals surface area contributed by atoms with Crippen molar-refractivity contribution in [2.75, 3.05) is 0 Å². The van der Waals surface area contributed by atoms with Gasteiger partial charge < -0.3 is 14.6 Å². The molecule has 1 aliphatic heterocycles. The monoisotopic (exact) mass is 344 g/mol. The standard InChI is InChI=1S/C22H32O3/c1-15-12-19(24)17-7-10-22(4,25-20(17)13-15)11-8-18-16(14-23)6-5-9-21(18,2)3/h12-14,16,18,24H,5-11H2,1-4H3. The number of aldehydes is 1. The van der Waals surface area contributed by atoms with Crippen molar-refractivity contribution in [3.8, 4) is 11.5 Å². The van der Waals surface area contributed by atoms with Gasteiger partial charge in [0.05, 0.1) is 0 Å². The van der Waals surface area contributed by atoms with Crippen molar-refractivity contribution in [2.24, 2.45) is 17.3 Å². The highest BCUT2D eigenvalue weighted by Gasteiger charge is 2.41. The Labute approximate surface area is 151 Å². The first-order chi connectivity index (χ1) is 11.7. The number of phenols is 1. The number of phenolic OH excluding ortho intramolecular Hbond substituents is 1. The fraction of sp³-hybridized carbons (Fsp3) is 0.682. The molecule has 0 radical (unpaired) electrons. The molecule has 25 heavy (non-hydrogen) atoms. The lowest BCUT2D eigenvalue weighted by atomic mass is 9.62. The van der Waals surface area contributed by atoms with Crippen molar-refractivity contribution >= 4 is 6.29 Å². The molecule has 1 N–H and O–H groups in total. The Morgan fingerprint density at radius 1 is 1.28 bits per heavy atom. The predicted molar refractivity (Wildman–Crippen MR) is 100 cm³/mol. The lowest BCUT2D eigenvalue weighted by Crippen LogP contribution is -2.40. The zero-order valence-electron chi connectivity index (χ0n) is 16.1. The lowest BCUT2D eigenvalue weighted by Gasteiger charge is -2.44. The minimum Gasteiger partial charge on any atom is -0.508 e. The van der Waals surface area contributed by atoms with E-state index in [1.165, 1.54) is 12.7 Å². The van der Waals surface area contributed by atoms with E-state index in [0.29, 0.717) is 11.7 Å². The first-order valence-corrected chi connectivity index (χ1v) is 9.71. The summed E-state index contributed by atoms with van der Waals surface area (Å²) in [5.41, 5.74) is 1.97. The smallest absolute Gasteiger partial charge is 0.127 e. The minimum atomic E-state index is -0.214. The quantitative estimate of drug-likeness (QED) is 0.763. The molecular weight excluding hydrogens is 312 g/mol. The third-order valence-corrected chi connectivity index (χ3v) is 6.63. The van der Waals surface area contributed by atoms with Crippen molar-refractivity contribution in [1.29, 1.82) is 0 Å². The lowest BCUT2D eigenvalue weighted by molar-refractivity contribution is -0.116. The summed E-state index contributed by atoms with van der Waals surface area (Å²) in [5, 5.41) is 10.2. The molecule has 0 bridgehead atoms. The zero-order valence-corrected chi connectivity index (χ0v) is 16.1. The van der Waals surface area contributed by atoms with E-state index in [4.69, 9.17) is 4.74 Å². The summed E-state index contributed by atoms with van der Waals surface area (Å²) in [6, 6.07) is 3.84. The van der Waals surface area contributed by atoms with Gasteiger partial charge in [0, 0.05) is 11.5 Å². The molecule has 1 heterocycles. The van der Waals surface area contributed by atoms with Crippen LogP contribution in [0.3, 0.4) is 0 Å². The van der Waals surface area contributed by atoms with Crippen LogP contribution in [0.2, 0.25) is 0 Å². The molecule has 1 saturated carbocycles. The first kappa shape index (κ1) is 18.3. The van der Waals surface area contributed by atoms with Crippen LogP contribution in [0.25, 0.3) is 0 Å². The number of hydrogen-bond acceptors (Lipinski definition) is 3. The van der Waals surface area contributed by atoms with Gasteiger partial charge in [-0.15, -0.1) is 0 Å². The number of carbonyl (C=O) groups excluding carboxylic acids is 1. The van der Waals surface area contributed by atoms with Gasteiger partial charge in [-0.05, 0) is 81.4 Å². The van der Waals surface area contributed by atoms with Crippen LogP contribution in [0.15, 0.2) is 12.1 Å². The van der Waals surface area contributed by atoms with Gasteiger partial charge in [-0.2, -0.15) is 0 Å². The molecule has 3 unspecified atom stereocenters. The average molecular weight is 344 g/mol. The Kier molecular flexibility index (Phi) is 4.87. The molecule has 0 spiro atoms. The number of rotatable bonds is 4. The van der Waals surface area contributed by atoms with Crippen molar-refractivity contribution in [3.63, 3.8) is 0 Å². The van der Waals surface area contributed by atoms with Crippen molar-refractivity contribution < 1.29 is 14.6 Å². The van der Waals surface area contributed by atoms with E-state index in [-0.39, 0.29) is 16.9 Å². The van der Waals surface area contributed by atoms with E-state index in [1.54, 1.807) is 0 Å². The van der Waals surface area contributed by atoms with Crippen LogP contribution in [0.4, 0.5) is 0 Å². The second-order valence-corrected chi connectivity index (χ2v) is 9.14. The maximum atomic E-state index is 11.6. The van der Waals surface area contributed by atoms with E-state index >= 15 is 0 Å². The van der Waals surface area contributed by atoms with Gasteiger partial charge >= 0.3 is 0 Å². The third kappa shape index (κ3) is 3.70. The highest BCUT2D eigenvalue weighted by atomic mass is 16.5. The summed E-state index contributed by atoms with van der Waals surface area (Å²) >= 11 is 0. The highest BCUT2D eigenvalue weighted by Crippen LogP contribution is 2.48. The van der Waals surface area contributed by atoms with Gasteiger partial charge in [0.15, 0.2) is 0 Å². The van der Waals surface area contributed by atoms with Crippen LogP contribution in [0.1, 0.15) is 70.4 Å². The van der Waals surface area contributed by atoms with Gasteiger partial charge in [0.25, 0.3) is 0 Å². The first-order valence-electron chi connectivity index (χ1n) is 9.71. The van der Waals surface area contributed by atoms with E-state index in [1.807, 2.05) is 19.1 Å². The van der Waals surface area contributed by atoms with Crippen LogP contribution in [-0.4, -0.2) is 17.0 Å². The van der Waals surface area contributed by atoms with Crippen molar-refractivity contribution in [2.45, 2.75) is 78.2 Å². The zero-order chi connectivity index (χ0) is 18.2. The Hall–Kier alpha value is -1.51. The molecule has 138 valence electrons. The Morgan fingerprint density at radius 2 is 2.04 bits per heavy atom. The fourth-order valence-corrected chi connectivity index (χ4v) is 4.98. The van der Waals surface area contributed by atoms with Crippen LogP contribution in [-0.2, 0) is 11.2 Å². The summed E-state index contributed by atoms with van der Waals surface area (Å²) in [4.78, 5) is 11.6. The molecule has 2 aliphatic rings. The molecule has 3 nitrogen and oxygen atoms in total. The van der Waals surface area contributed by atoms with E-state index in [0.717, 1.165) is 55.4 Å². The van der Waals surface area contributed by atoms with Gasteiger partial charge in [-0.1, -0.05) is 20.3 Å². The SMILES string of the molecule is Cc1cc(O)c2c(c1)OC(C)(CCC1C(C=O)CCCC1(C)C)CC2. The van der Waals surface area contributed by atoms with Gasteiger partial charge in [-0.3, -0.25) is 0 Å². The Bertz CT molecular complexity index is 649. The number of benzene rings is 1. The molecule has 0 amide bonds. The van der Waals surface area contributed by atoms with E-state index < -0.39 is 0 Å². The molecule has 1 aliphatic carbocycles. The van der Waals surface area contributed by atoms with Crippen LogP contribution < -0.4 is 4.74 Å². The van der Waals surface area contributed by atoms with Gasteiger partial charge in [-0.25, -0.2) is 0 Å². The number of fused-ring (bicyclic) bond motifs is 1. The van der Waals surface area contributed by atoms with Crippen LogP contribution >= 0.6 is 0 Å². The van der Waals surface area contributed by atoms with Gasteiger partial charge in [0.2, 0.25) is 0 Å². The topological polar surface area (TPSA) is 46.5 Å². The Morgan fingerprint density at radius 3 is 2.76 bits per heavy atom. The summed E-state index contributed by atoms with van der Waals surface area (Å²) in [5.74, 6) is 1.81. The summed E-state index contributed by atoms with van der Waals surface area (Å²) in [6.45, 7) is 8.79. The minimum absolute atomic E-state index is 0.189. The highest BCUT2D eigenvalue weighted by molar-refractivity contribution is 5.54. The molecule has 3 atom stereocenters. The van der Waals surface area contributed by atoms with Crippen LogP contribution in [0, 0.1) is 24.2 Å².